The highest BCUT2D eigenvalue weighted by atomic mass is 79.9. The van der Waals surface area contributed by atoms with Gasteiger partial charge in [-0.3, -0.25) is 0 Å². The number of pyridine rings is 1. The minimum atomic E-state index is 0.694. The largest absolute Gasteiger partial charge is 0.397 e. The van der Waals surface area contributed by atoms with Crippen LogP contribution in [0.25, 0.3) is 0 Å². The minimum Gasteiger partial charge on any atom is -0.397 e. The van der Waals surface area contributed by atoms with E-state index >= 15 is 0 Å². The highest BCUT2D eigenvalue weighted by Crippen LogP contribution is 2.26. The summed E-state index contributed by atoms with van der Waals surface area (Å²) in [5.74, 6) is 1.05. The second kappa shape index (κ2) is 7.14. The molecule has 0 fully saturated rings. The van der Waals surface area contributed by atoms with Gasteiger partial charge in [0.05, 0.1) is 16.4 Å². The minimum absolute atomic E-state index is 0.694. The molecule has 90 valence electrons. The molecule has 0 aliphatic carbocycles. The third-order valence-corrected chi connectivity index (χ3v) is 4.22. The molecular weight excluding hydrogens is 286 g/mol. The Balaban J connectivity index is 2.42. The van der Waals surface area contributed by atoms with E-state index in [0.29, 0.717) is 5.69 Å². The zero-order chi connectivity index (χ0) is 12.0. The van der Waals surface area contributed by atoms with E-state index in [1.165, 1.54) is 0 Å². The Bertz CT molecular complexity index is 329. The zero-order valence-corrected chi connectivity index (χ0v) is 12.1. The summed E-state index contributed by atoms with van der Waals surface area (Å²) in [6, 6.07) is 1.90. The van der Waals surface area contributed by atoms with Crippen LogP contribution < -0.4 is 5.73 Å². The van der Waals surface area contributed by atoms with E-state index < -0.39 is 0 Å². The van der Waals surface area contributed by atoms with Gasteiger partial charge in [-0.1, -0.05) is 13.8 Å². The molecule has 0 spiro atoms. The molecule has 1 rings (SSSR count). The number of nitrogens with two attached hydrogens (primary N) is 1. The molecule has 16 heavy (non-hydrogen) atoms. The van der Waals surface area contributed by atoms with E-state index in [2.05, 4.69) is 39.7 Å². The number of nitrogen functional groups attached to an aromatic ring is 1. The fraction of sp³-hybridized carbons (Fsp3) is 0.545. The summed E-state index contributed by atoms with van der Waals surface area (Å²) in [5.41, 5.74) is 6.33. The molecule has 0 amide bonds. The summed E-state index contributed by atoms with van der Waals surface area (Å²) in [6.45, 7) is 7.67. The smallest absolute Gasteiger partial charge is 0.110 e. The quantitative estimate of drug-likeness (QED) is 0.821. The van der Waals surface area contributed by atoms with Crippen molar-refractivity contribution < 1.29 is 0 Å². The van der Waals surface area contributed by atoms with E-state index in [1.54, 1.807) is 18.0 Å². The van der Waals surface area contributed by atoms with Gasteiger partial charge in [0.1, 0.15) is 5.03 Å². The molecule has 1 aromatic heterocycles. The van der Waals surface area contributed by atoms with Gasteiger partial charge in [0.2, 0.25) is 0 Å². The first kappa shape index (κ1) is 13.8. The van der Waals surface area contributed by atoms with Crippen LogP contribution in [0.3, 0.4) is 0 Å². The monoisotopic (exact) mass is 303 g/mol. The molecule has 2 N–H and O–H groups in total. The van der Waals surface area contributed by atoms with E-state index in [9.17, 15) is 0 Å². The first-order valence-electron chi connectivity index (χ1n) is 5.43. The van der Waals surface area contributed by atoms with Crippen molar-refractivity contribution in [2.45, 2.75) is 18.9 Å². The van der Waals surface area contributed by atoms with Crippen molar-refractivity contribution in [3.8, 4) is 0 Å². The third kappa shape index (κ3) is 4.31. The lowest BCUT2D eigenvalue weighted by atomic mass is 10.4. The molecule has 0 aromatic carbocycles. The molecule has 5 heteroatoms. The van der Waals surface area contributed by atoms with Gasteiger partial charge in [-0.15, -0.1) is 11.8 Å². The van der Waals surface area contributed by atoms with Crippen molar-refractivity contribution in [1.82, 2.24) is 9.88 Å². The maximum atomic E-state index is 5.64. The molecule has 0 aliphatic heterocycles. The Labute approximate surface area is 110 Å². The van der Waals surface area contributed by atoms with Crippen LogP contribution in [-0.4, -0.2) is 35.3 Å². The van der Waals surface area contributed by atoms with Crippen LogP contribution in [0.5, 0.6) is 0 Å². The van der Waals surface area contributed by atoms with Crippen molar-refractivity contribution in [1.29, 1.82) is 0 Å². The summed E-state index contributed by atoms with van der Waals surface area (Å²) in [6.07, 6.45) is 1.70. The van der Waals surface area contributed by atoms with Crippen molar-refractivity contribution in [3.63, 3.8) is 0 Å². The Morgan fingerprint density at radius 2 is 2.12 bits per heavy atom. The van der Waals surface area contributed by atoms with Gasteiger partial charge in [0.15, 0.2) is 0 Å². The number of nitrogens with zero attached hydrogens (tertiary/aromatic N) is 2. The maximum absolute atomic E-state index is 5.64. The standard InChI is InChI=1S/C11H18BrN3S/c1-3-15(4-2)5-6-16-11-10(12)7-9(13)8-14-11/h7-8H,3-6,13H2,1-2H3. The van der Waals surface area contributed by atoms with Crippen molar-refractivity contribution in [3.05, 3.63) is 16.7 Å². The molecule has 0 atom stereocenters. The van der Waals surface area contributed by atoms with Gasteiger partial charge in [0.25, 0.3) is 0 Å². The van der Waals surface area contributed by atoms with Crippen LogP contribution in [0.1, 0.15) is 13.8 Å². The van der Waals surface area contributed by atoms with Crippen LogP contribution in [-0.2, 0) is 0 Å². The fourth-order valence-corrected chi connectivity index (χ4v) is 2.93. The lowest BCUT2D eigenvalue weighted by molar-refractivity contribution is 0.324. The van der Waals surface area contributed by atoms with E-state index in [0.717, 1.165) is 34.9 Å². The molecule has 1 heterocycles. The Kier molecular flexibility index (Phi) is 6.16. The van der Waals surface area contributed by atoms with E-state index in [1.807, 2.05) is 6.07 Å². The number of hydrogen-bond acceptors (Lipinski definition) is 4. The summed E-state index contributed by atoms with van der Waals surface area (Å²) >= 11 is 5.23. The van der Waals surface area contributed by atoms with Gasteiger partial charge < -0.3 is 10.6 Å². The normalized spacial score (nSPS) is 11.0. The number of rotatable bonds is 6. The molecule has 0 radical (unpaired) electrons. The first-order chi connectivity index (χ1) is 7.67. The average Bonchev–Trinajstić information content (AvgIpc) is 2.27. The molecule has 0 saturated heterocycles. The van der Waals surface area contributed by atoms with Gasteiger partial charge in [-0.2, -0.15) is 0 Å². The Hall–Kier alpha value is -0.260. The number of thioether (sulfide) groups is 1. The number of aromatic nitrogens is 1. The number of hydrogen-bond donors (Lipinski definition) is 1. The Morgan fingerprint density at radius 3 is 2.69 bits per heavy atom. The lowest BCUT2D eigenvalue weighted by Gasteiger charge is -2.17. The van der Waals surface area contributed by atoms with Crippen LogP contribution in [0.4, 0.5) is 5.69 Å². The second-order valence-corrected chi connectivity index (χ2v) is 5.37. The van der Waals surface area contributed by atoms with Gasteiger partial charge in [-0.25, -0.2) is 4.98 Å². The van der Waals surface area contributed by atoms with Gasteiger partial charge in [0, 0.05) is 12.3 Å². The highest BCUT2D eigenvalue weighted by molar-refractivity contribution is 9.10. The van der Waals surface area contributed by atoms with Gasteiger partial charge in [-0.05, 0) is 35.1 Å². The van der Waals surface area contributed by atoms with Crippen LogP contribution in [0.15, 0.2) is 21.8 Å². The Morgan fingerprint density at radius 1 is 1.44 bits per heavy atom. The van der Waals surface area contributed by atoms with E-state index in [-0.39, 0.29) is 0 Å². The van der Waals surface area contributed by atoms with Crippen LogP contribution in [0, 0.1) is 0 Å². The maximum Gasteiger partial charge on any atom is 0.110 e. The van der Waals surface area contributed by atoms with Crippen molar-refractivity contribution in [2.24, 2.45) is 0 Å². The lowest BCUT2D eigenvalue weighted by Crippen LogP contribution is -2.25. The predicted molar refractivity (Wildman–Crippen MR) is 74.9 cm³/mol. The first-order valence-corrected chi connectivity index (χ1v) is 7.21. The van der Waals surface area contributed by atoms with E-state index in [4.69, 9.17) is 5.73 Å². The summed E-state index contributed by atoms with van der Waals surface area (Å²) < 4.78 is 0.983. The van der Waals surface area contributed by atoms with Crippen molar-refractivity contribution >= 4 is 33.4 Å². The molecular formula is C11H18BrN3S. The highest BCUT2D eigenvalue weighted by Gasteiger charge is 2.04. The topological polar surface area (TPSA) is 42.2 Å². The SMILES string of the molecule is CCN(CC)CCSc1ncc(N)cc1Br. The average molecular weight is 304 g/mol. The third-order valence-electron chi connectivity index (χ3n) is 2.37. The van der Waals surface area contributed by atoms with Crippen LogP contribution in [0.2, 0.25) is 0 Å². The summed E-state index contributed by atoms with van der Waals surface area (Å²) in [7, 11) is 0. The van der Waals surface area contributed by atoms with Crippen molar-refractivity contribution in [2.75, 3.05) is 31.1 Å². The number of anilines is 1. The fourth-order valence-electron chi connectivity index (χ4n) is 1.36. The zero-order valence-electron chi connectivity index (χ0n) is 9.74. The summed E-state index contributed by atoms with van der Waals surface area (Å²) in [4.78, 5) is 6.70. The molecule has 0 bridgehead atoms. The molecule has 0 saturated carbocycles. The molecule has 3 nitrogen and oxygen atoms in total. The molecule has 0 aliphatic rings. The van der Waals surface area contributed by atoms with Gasteiger partial charge >= 0.3 is 0 Å². The molecule has 1 aromatic rings. The number of halogens is 1. The van der Waals surface area contributed by atoms with Crippen LogP contribution >= 0.6 is 27.7 Å². The second-order valence-electron chi connectivity index (χ2n) is 3.43. The summed E-state index contributed by atoms with van der Waals surface area (Å²) in [5, 5.41) is 1.02. The predicted octanol–water partition coefficient (Wildman–Crippen LogP) is 2.86. The molecule has 0 unspecified atom stereocenters.